The van der Waals surface area contributed by atoms with Crippen molar-refractivity contribution in [3.8, 4) is 11.6 Å². The first kappa shape index (κ1) is 10.4. The molecule has 0 saturated carbocycles. The first-order chi connectivity index (χ1) is 7.65. The van der Waals surface area contributed by atoms with Gasteiger partial charge >= 0.3 is 5.97 Å². The molecule has 0 aromatic carbocycles. The third-order valence-corrected chi connectivity index (χ3v) is 1.98. The van der Waals surface area contributed by atoms with Crippen molar-refractivity contribution in [2.75, 3.05) is 0 Å². The summed E-state index contributed by atoms with van der Waals surface area (Å²) >= 11 is 0. The average molecular weight is 222 g/mol. The van der Waals surface area contributed by atoms with Crippen LogP contribution in [0.4, 0.5) is 0 Å². The third kappa shape index (κ3) is 2.28. The molecule has 6 heteroatoms. The highest BCUT2D eigenvalue weighted by molar-refractivity contribution is 5.66. The van der Waals surface area contributed by atoms with Crippen molar-refractivity contribution in [3.63, 3.8) is 0 Å². The van der Waals surface area contributed by atoms with Crippen LogP contribution in [0.2, 0.25) is 0 Å². The summed E-state index contributed by atoms with van der Waals surface area (Å²) in [5.41, 5.74) is 0. The number of hydrogen-bond donors (Lipinski definition) is 1. The van der Waals surface area contributed by atoms with Gasteiger partial charge in [-0.3, -0.25) is 4.79 Å². The van der Waals surface area contributed by atoms with E-state index in [1.165, 1.54) is 0 Å². The highest BCUT2D eigenvalue weighted by Gasteiger charge is 2.12. The summed E-state index contributed by atoms with van der Waals surface area (Å²) in [6, 6.07) is 3.53. The molecule has 6 nitrogen and oxygen atoms in total. The SMILES string of the molecule is Cc1ccc(-c2noc(CCC(=O)O)n2)o1. The maximum atomic E-state index is 10.3. The van der Waals surface area contributed by atoms with E-state index in [1.807, 2.05) is 6.92 Å². The third-order valence-electron chi connectivity index (χ3n) is 1.98. The number of aliphatic carboxylic acids is 1. The Hall–Kier alpha value is -2.11. The molecule has 1 N–H and O–H groups in total. The summed E-state index contributed by atoms with van der Waals surface area (Å²) < 4.78 is 10.2. The van der Waals surface area contributed by atoms with Crippen molar-refractivity contribution in [1.82, 2.24) is 10.1 Å². The number of rotatable bonds is 4. The van der Waals surface area contributed by atoms with E-state index in [4.69, 9.17) is 14.0 Å². The van der Waals surface area contributed by atoms with Gasteiger partial charge in [-0.25, -0.2) is 0 Å². The minimum Gasteiger partial charge on any atom is -0.481 e. The number of aryl methyl sites for hydroxylation is 2. The van der Waals surface area contributed by atoms with E-state index < -0.39 is 5.97 Å². The monoisotopic (exact) mass is 222 g/mol. The van der Waals surface area contributed by atoms with Gasteiger partial charge in [0.1, 0.15) is 5.76 Å². The zero-order chi connectivity index (χ0) is 11.5. The second-order valence-electron chi connectivity index (χ2n) is 3.32. The van der Waals surface area contributed by atoms with E-state index in [-0.39, 0.29) is 12.8 Å². The van der Waals surface area contributed by atoms with Gasteiger partial charge in [-0.15, -0.1) is 0 Å². The number of carboxylic acid groups (broad SMARTS) is 1. The van der Waals surface area contributed by atoms with Gasteiger partial charge in [0.05, 0.1) is 6.42 Å². The van der Waals surface area contributed by atoms with Crippen LogP contribution < -0.4 is 0 Å². The Labute approximate surface area is 90.9 Å². The minimum absolute atomic E-state index is 0.0290. The van der Waals surface area contributed by atoms with Gasteiger partial charge in [0, 0.05) is 6.42 Å². The van der Waals surface area contributed by atoms with E-state index in [2.05, 4.69) is 10.1 Å². The fourth-order valence-corrected chi connectivity index (χ4v) is 1.23. The molecule has 16 heavy (non-hydrogen) atoms. The second kappa shape index (κ2) is 4.18. The Balaban J connectivity index is 2.10. The number of aromatic nitrogens is 2. The number of carbonyl (C=O) groups is 1. The van der Waals surface area contributed by atoms with E-state index in [1.54, 1.807) is 12.1 Å². The summed E-state index contributed by atoms with van der Waals surface area (Å²) in [4.78, 5) is 14.4. The zero-order valence-electron chi connectivity index (χ0n) is 8.64. The minimum atomic E-state index is -0.895. The Morgan fingerprint density at radius 3 is 2.94 bits per heavy atom. The maximum absolute atomic E-state index is 10.3. The molecule has 0 bridgehead atoms. The van der Waals surface area contributed by atoms with Crippen molar-refractivity contribution >= 4 is 5.97 Å². The molecule has 84 valence electrons. The van der Waals surface area contributed by atoms with Crippen LogP contribution in [0, 0.1) is 6.92 Å². The smallest absolute Gasteiger partial charge is 0.303 e. The van der Waals surface area contributed by atoms with Gasteiger partial charge in [-0.05, 0) is 19.1 Å². The number of nitrogens with zero attached hydrogens (tertiary/aromatic N) is 2. The van der Waals surface area contributed by atoms with Gasteiger partial charge < -0.3 is 14.0 Å². The molecule has 0 atom stereocenters. The molecule has 0 aliphatic heterocycles. The molecule has 0 aliphatic carbocycles. The predicted octanol–water partition coefficient (Wildman–Crippen LogP) is 1.66. The quantitative estimate of drug-likeness (QED) is 0.845. The summed E-state index contributed by atoms with van der Waals surface area (Å²) in [7, 11) is 0. The lowest BCUT2D eigenvalue weighted by Crippen LogP contribution is -1.97. The largest absolute Gasteiger partial charge is 0.481 e. The van der Waals surface area contributed by atoms with Crippen LogP contribution in [0.25, 0.3) is 11.6 Å². The first-order valence-corrected chi connectivity index (χ1v) is 4.76. The van der Waals surface area contributed by atoms with Crippen LogP contribution in [0.3, 0.4) is 0 Å². The summed E-state index contributed by atoms with van der Waals surface area (Å²) in [5.74, 6) is 1.02. The normalized spacial score (nSPS) is 10.6. The van der Waals surface area contributed by atoms with Crippen molar-refractivity contribution in [2.24, 2.45) is 0 Å². The van der Waals surface area contributed by atoms with E-state index in [0.29, 0.717) is 17.5 Å². The maximum Gasteiger partial charge on any atom is 0.303 e. The highest BCUT2D eigenvalue weighted by Crippen LogP contribution is 2.18. The highest BCUT2D eigenvalue weighted by atomic mass is 16.5. The summed E-state index contributed by atoms with van der Waals surface area (Å²) in [5, 5.41) is 12.2. The molecule has 0 spiro atoms. The van der Waals surface area contributed by atoms with Crippen LogP contribution in [-0.2, 0) is 11.2 Å². The van der Waals surface area contributed by atoms with Crippen LogP contribution in [-0.4, -0.2) is 21.2 Å². The molecule has 0 radical (unpaired) electrons. The van der Waals surface area contributed by atoms with Crippen LogP contribution in [0.5, 0.6) is 0 Å². The molecule has 2 aromatic rings. The second-order valence-corrected chi connectivity index (χ2v) is 3.32. The van der Waals surface area contributed by atoms with Gasteiger partial charge in [0.2, 0.25) is 11.7 Å². The van der Waals surface area contributed by atoms with Crippen LogP contribution in [0.1, 0.15) is 18.1 Å². The molecule has 2 heterocycles. The molecule has 0 unspecified atom stereocenters. The van der Waals surface area contributed by atoms with Crippen molar-refractivity contribution in [3.05, 3.63) is 23.8 Å². The number of carboxylic acids is 1. The Bertz CT molecular complexity index is 500. The molecule has 2 rings (SSSR count). The molecule has 0 saturated heterocycles. The van der Waals surface area contributed by atoms with E-state index in [0.717, 1.165) is 5.76 Å². The Morgan fingerprint density at radius 1 is 1.50 bits per heavy atom. The molecular formula is C10H10N2O4. The van der Waals surface area contributed by atoms with Crippen LogP contribution in [0.15, 0.2) is 21.1 Å². The molecule has 0 fully saturated rings. The van der Waals surface area contributed by atoms with Gasteiger partial charge in [-0.1, -0.05) is 5.16 Å². The molecular weight excluding hydrogens is 212 g/mol. The zero-order valence-corrected chi connectivity index (χ0v) is 8.64. The Morgan fingerprint density at radius 2 is 2.31 bits per heavy atom. The average Bonchev–Trinajstić information content (AvgIpc) is 2.83. The number of hydrogen-bond acceptors (Lipinski definition) is 5. The lowest BCUT2D eigenvalue weighted by Gasteiger charge is -1.87. The van der Waals surface area contributed by atoms with Gasteiger partial charge in [0.15, 0.2) is 5.76 Å². The van der Waals surface area contributed by atoms with Crippen molar-refractivity contribution < 1.29 is 18.8 Å². The van der Waals surface area contributed by atoms with Gasteiger partial charge in [0.25, 0.3) is 0 Å². The molecule has 0 aliphatic rings. The Kier molecular flexibility index (Phi) is 2.72. The fourth-order valence-electron chi connectivity index (χ4n) is 1.23. The van der Waals surface area contributed by atoms with Gasteiger partial charge in [-0.2, -0.15) is 4.98 Å². The van der Waals surface area contributed by atoms with Crippen molar-refractivity contribution in [2.45, 2.75) is 19.8 Å². The fraction of sp³-hybridized carbons (Fsp3) is 0.300. The van der Waals surface area contributed by atoms with E-state index in [9.17, 15) is 4.79 Å². The van der Waals surface area contributed by atoms with Crippen molar-refractivity contribution in [1.29, 1.82) is 0 Å². The van der Waals surface area contributed by atoms with Crippen LogP contribution >= 0.6 is 0 Å². The molecule has 2 aromatic heterocycles. The topological polar surface area (TPSA) is 89.4 Å². The predicted molar refractivity (Wildman–Crippen MR) is 52.7 cm³/mol. The lowest BCUT2D eigenvalue weighted by atomic mass is 10.3. The van der Waals surface area contributed by atoms with E-state index >= 15 is 0 Å². The molecule has 0 amide bonds. The lowest BCUT2D eigenvalue weighted by molar-refractivity contribution is -0.137. The number of furan rings is 1. The first-order valence-electron chi connectivity index (χ1n) is 4.76. The summed E-state index contributed by atoms with van der Waals surface area (Å²) in [6.07, 6.45) is 0.195. The standard InChI is InChI=1S/C10H10N2O4/c1-6-2-3-7(15-6)10-11-8(16-12-10)4-5-9(13)14/h2-3H,4-5H2,1H3,(H,13,14). The summed E-state index contributed by atoms with van der Waals surface area (Å²) in [6.45, 7) is 1.81.